The Bertz CT molecular complexity index is 895. The van der Waals surface area contributed by atoms with Crippen molar-refractivity contribution < 1.29 is 4.74 Å². The number of pyridine rings is 2. The van der Waals surface area contributed by atoms with E-state index in [1.165, 1.54) is 11.8 Å². The van der Waals surface area contributed by atoms with Crippen LogP contribution in [-0.4, -0.2) is 31.4 Å². The second-order valence-electron chi connectivity index (χ2n) is 4.44. The predicted molar refractivity (Wildman–Crippen MR) is 96.0 cm³/mol. The van der Waals surface area contributed by atoms with Crippen LogP contribution in [0.4, 0.5) is 5.82 Å². The van der Waals surface area contributed by atoms with Crippen molar-refractivity contribution in [1.29, 1.82) is 0 Å². The van der Waals surface area contributed by atoms with E-state index in [9.17, 15) is 0 Å². The molecule has 118 valence electrons. The third-order valence-corrected chi connectivity index (χ3v) is 3.61. The van der Waals surface area contributed by atoms with E-state index >= 15 is 0 Å². The van der Waals surface area contributed by atoms with Gasteiger partial charge in [0.05, 0.1) is 22.6 Å². The van der Waals surface area contributed by atoms with Crippen molar-refractivity contribution in [1.82, 2.24) is 19.9 Å². The summed E-state index contributed by atoms with van der Waals surface area (Å²) in [5, 5.41) is 2.96. The second-order valence-corrected chi connectivity index (χ2v) is 5.40. The van der Waals surface area contributed by atoms with Crippen molar-refractivity contribution in [2.45, 2.75) is 5.16 Å². The van der Waals surface area contributed by atoms with Gasteiger partial charge in [-0.15, -0.1) is 0 Å². The van der Waals surface area contributed by atoms with Crippen molar-refractivity contribution >= 4 is 35.0 Å². The zero-order valence-corrected chi connectivity index (χ0v) is 14.2. The minimum atomic E-state index is 0.441. The molecular formula is C16H11N5OS2. The Morgan fingerprint density at radius 3 is 2.79 bits per heavy atom. The summed E-state index contributed by atoms with van der Waals surface area (Å²) in [7, 11) is 0. The Morgan fingerprint density at radius 1 is 1.12 bits per heavy atom. The van der Waals surface area contributed by atoms with Gasteiger partial charge in [-0.25, -0.2) is 19.9 Å². The highest BCUT2D eigenvalue weighted by molar-refractivity contribution is 7.98. The highest BCUT2D eigenvalue weighted by atomic mass is 32.2. The lowest BCUT2D eigenvalue weighted by atomic mass is 10.2. The van der Waals surface area contributed by atoms with Gasteiger partial charge in [-0.05, 0) is 48.8 Å². The molecule has 6 nitrogen and oxygen atoms in total. The second kappa shape index (κ2) is 7.74. The molecule has 0 fully saturated rings. The zero-order valence-electron chi connectivity index (χ0n) is 12.6. The molecule has 0 aromatic carbocycles. The molecule has 3 aromatic heterocycles. The highest BCUT2D eigenvalue weighted by Gasteiger charge is 2.11. The smallest absolute Gasteiger partial charge is 0.228 e. The zero-order chi connectivity index (χ0) is 16.8. The van der Waals surface area contributed by atoms with Crippen LogP contribution in [0.2, 0.25) is 0 Å². The van der Waals surface area contributed by atoms with Crippen molar-refractivity contribution in [3.8, 4) is 22.9 Å². The number of rotatable bonds is 5. The Labute approximate surface area is 148 Å². The lowest BCUT2D eigenvalue weighted by Gasteiger charge is -2.09. The van der Waals surface area contributed by atoms with Crippen LogP contribution in [-0.2, 0) is 0 Å². The minimum Gasteiger partial charge on any atom is -0.437 e. The third-order valence-electron chi connectivity index (χ3n) is 2.96. The van der Waals surface area contributed by atoms with Gasteiger partial charge < -0.3 is 4.74 Å². The molecule has 3 aromatic rings. The quantitative estimate of drug-likeness (QED) is 0.295. The lowest BCUT2D eigenvalue weighted by Crippen LogP contribution is -1.95. The number of thioether (sulfide) groups is 1. The maximum absolute atomic E-state index is 5.84. The van der Waals surface area contributed by atoms with E-state index in [4.69, 9.17) is 4.74 Å². The summed E-state index contributed by atoms with van der Waals surface area (Å²) in [4.78, 5) is 20.9. The maximum atomic E-state index is 5.84. The van der Waals surface area contributed by atoms with Gasteiger partial charge >= 0.3 is 0 Å². The van der Waals surface area contributed by atoms with Gasteiger partial charge in [0.15, 0.2) is 11.0 Å². The topological polar surface area (TPSA) is 73.2 Å². The van der Waals surface area contributed by atoms with Gasteiger partial charge in [-0.1, -0.05) is 11.8 Å². The van der Waals surface area contributed by atoms with Gasteiger partial charge in [0.1, 0.15) is 5.75 Å². The molecule has 0 radical (unpaired) electrons. The fraction of sp³-hybridized carbons (Fsp3) is 0.0625. The first-order valence-corrected chi connectivity index (χ1v) is 8.47. The summed E-state index contributed by atoms with van der Waals surface area (Å²) in [6, 6.07) is 8.97. The van der Waals surface area contributed by atoms with E-state index < -0.39 is 0 Å². The number of thiocarbonyl (C=S) groups is 1. The number of nitrogens with zero attached hydrogens (tertiary/aromatic N) is 5. The van der Waals surface area contributed by atoms with E-state index in [0.29, 0.717) is 22.6 Å². The average molecular weight is 353 g/mol. The van der Waals surface area contributed by atoms with Crippen molar-refractivity contribution in [2.75, 3.05) is 6.26 Å². The Kier molecular flexibility index (Phi) is 5.22. The summed E-state index contributed by atoms with van der Waals surface area (Å²) in [6.07, 6.45) is 6.85. The van der Waals surface area contributed by atoms with Crippen LogP contribution in [0.5, 0.6) is 11.6 Å². The van der Waals surface area contributed by atoms with E-state index in [-0.39, 0.29) is 0 Å². The molecule has 0 saturated carbocycles. The number of aliphatic imine (C=N–C) groups is 1. The summed E-state index contributed by atoms with van der Waals surface area (Å²) in [5.74, 6) is 1.45. The molecule has 8 heteroatoms. The van der Waals surface area contributed by atoms with Gasteiger partial charge in [0.2, 0.25) is 5.88 Å². The third kappa shape index (κ3) is 3.80. The molecular weight excluding hydrogens is 342 g/mol. The van der Waals surface area contributed by atoms with E-state index in [0.717, 1.165) is 11.3 Å². The number of isothiocyanates is 1. The van der Waals surface area contributed by atoms with Gasteiger partial charge in [-0.2, -0.15) is 4.99 Å². The Balaban J connectivity index is 1.92. The molecule has 0 amide bonds. The lowest BCUT2D eigenvalue weighted by molar-refractivity contribution is 0.462. The number of hydrogen-bond donors (Lipinski definition) is 0. The summed E-state index contributed by atoms with van der Waals surface area (Å²) < 4.78 is 5.84. The van der Waals surface area contributed by atoms with Crippen molar-refractivity contribution in [3.63, 3.8) is 0 Å². The van der Waals surface area contributed by atoms with E-state index in [1.807, 2.05) is 24.5 Å². The molecule has 0 aliphatic carbocycles. The van der Waals surface area contributed by atoms with Crippen molar-refractivity contribution in [2.24, 2.45) is 4.99 Å². The monoisotopic (exact) mass is 353 g/mol. The highest BCUT2D eigenvalue weighted by Crippen LogP contribution is 2.30. The molecule has 0 bridgehead atoms. The number of aromatic nitrogens is 4. The van der Waals surface area contributed by atoms with Crippen LogP contribution in [0.3, 0.4) is 0 Å². The van der Waals surface area contributed by atoms with Crippen LogP contribution in [0, 0.1) is 0 Å². The predicted octanol–water partition coefficient (Wildman–Crippen LogP) is 4.18. The fourth-order valence-electron chi connectivity index (χ4n) is 1.91. The van der Waals surface area contributed by atoms with Crippen LogP contribution in [0.1, 0.15) is 0 Å². The Hall–Kier alpha value is -2.67. The number of hydrogen-bond acceptors (Lipinski definition) is 8. The molecule has 0 N–H and O–H groups in total. The van der Waals surface area contributed by atoms with E-state index in [2.05, 4.69) is 42.3 Å². The molecule has 24 heavy (non-hydrogen) atoms. The van der Waals surface area contributed by atoms with E-state index in [1.54, 1.807) is 30.7 Å². The first-order valence-electron chi connectivity index (χ1n) is 6.84. The van der Waals surface area contributed by atoms with Crippen LogP contribution in [0.15, 0.2) is 59.1 Å². The Morgan fingerprint density at radius 2 is 2.04 bits per heavy atom. The normalized spacial score (nSPS) is 10.0. The van der Waals surface area contributed by atoms with Crippen molar-refractivity contribution in [3.05, 3.63) is 48.9 Å². The molecule has 0 aliphatic heterocycles. The number of ether oxygens (including phenoxy) is 1. The minimum absolute atomic E-state index is 0.441. The van der Waals surface area contributed by atoms with Crippen LogP contribution < -0.4 is 4.74 Å². The largest absolute Gasteiger partial charge is 0.437 e. The molecule has 3 heterocycles. The van der Waals surface area contributed by atoms with Gasteiger partial charge in [0, 0.05) is 12.4 Å². The van der Waals surface area contributed by atoms with Crippen LogP contribution in [0.25, 0.3) is 11.3 Å². The summed E-state index contributed by atoms with van der Waals surface area (Å²) >= 11 is 6.03. The first-order chi connectivity index (χ1) is 11.8. The molecule has 0 saturated heterocycles. The molecule has 0 unspecified atom stereocenters. The average Bonchev–Trinajstić information content (AvgIpc) is 2.64. The molecule has 0 aliphatic rings. The van der Waals surface area contributed by atoms with Gasteiger partial charge in [-0.3, -0.25) is 0 Å². The standard InChI is InChI=1S/C16H11N5OS2/c1-24-16-18-8-6-13(21-16)12-3-2-7-17-15(12)22-11-4-5-14(19-9-11)20-10-23/h2-9H,1H3. The molecule has 3 rings (SSSR count). The fourth-order valence-corrected chi connectivity index (χ4v) is 2.36. The maximum Gasteiger partial charge on any atom is 0.228 e. The SMILES string of the molecule is CSc1nccc(-c2cccnc2Oc2ccc(N=C=S)nc2)n1. The van der Waals surface area contributed by atoms with Gasteiger partial charge in [0.25, 0.3) is 0 Å². The summed E-state index contributed by atoms with van der Waals surface area (Å²) in [6.45, 7) is 0. The molecule has 0 atom stereocenters. The summed E-state index contributed by atoms with van der Waals surface area (Å²) in [5.41, 5.74) is 1.52. The molecule has 0 spiro atoms. The first kappa shape index (κ1) is 16.2. The van der Waals surface area contributed by atoms with Crippen LogP contribution >= 0.6 is 24.0 Å².